The van der Waals surface area contributed by atoms with Gasteiger partial charge in [-0.25, -0.2) is 8.78 Å². The first-order valence-corrected chi connectivity index (χ1v) is 3.45. The van der Waals surface area contributed by atoms with Gasteiger partial charge < -0.3 is 10.4 Å². The molecule has 0 bridgehead atoms. The summed E-state index contributed by atoms with van der Waals surface area (Å²) in [6.45, 7) is 3.52. The predicted molar refractivity (Wildman–Crippen MR) is 39.7 cm³/mol. The van der Waals surface area contributed by atoms with Crippen molar-refractivity contribution in [2.24, 2.45) is 0 Å². The highest BCUT2D eigenvalue weighted by Gasteiger charge is 2.04. The van der Waals surface area contributed by atoms with Crippen LogP contribution in [0.4, 0.5) is 8.78 Å². The van der Waals surface area contributed by atoms with Crippen molar-refractivity contribution in [2.75, 3.05) is 13.2 Å². The lowest BCUT2D eigenvalue weighted by Gasteiger charge is -2.10. The molecule has 0 saturated carbocycles. The van der Waals surface area contributed by atoms with E-state index < -0.39 is 6.43 Å². The van der Waals surface area contributed by atoms with Crippen molar-refractivity contribution >= 4 is 0 Å². The average Bonchev–Trinajstić information content (AvgIpc) is 1.98. The van der Waals surface area contributed by atoms with Crippen LogP contribution in [0.2, 0.25) is 0 Å². The molecule has 11 heavy (non-hydrogen) atoms. The van der Waals surface area contributed by atoms with Crippen molar-refractivity contribution in [2.45, 2.75) is 18.9 Å². The van der Waals surface area contributed by atoms with Gasteiger partial charge in [0, 0.05) is 19.0 Å². The van der Waals surface area contributed by atoms with Crippen LogP contribution in [0.1, 0.15) is 6.42 Å². The topological polar surface area (TPSA) is 32.3 Å². The van der Waals surface area contributed by atoms with Gasteiger partial charge >= 0.3 is 0 Å². The van der Waals surface area contributed by atoms with Crippen molar-refractivity contribution in [3.8, 4) is 0 Å². The Labute approximate surface area is 64.9 Å². The standard InChI is InChI=1S/C7H13F2NO/c1-2-6(5-11)10-4-3-7(8)9/h2,6-7,10-11H,1,3-5H2. The summed E-state index contributed by atoms with van der Waals surface area (Å²) >= 11 is 0. The van der Waals surface area contributed by atoms with Crippen LogP contribution >= 0.6 is 0 Å². The average molecular weight is 165 g/mol. The molecule has 4 heteroatoms. The van der Waals surface area contributed by atoms with Gasteiger partial charge in [-0.05, 0) is 0 Å². The molecule has 2 N–H and O–H groups in total. The number of aliphatic hydroxyl groups is 1. The van der Waals surface area contributed by atoms with Gasteiger partial charge in [-0.1, -0.05) is 6.08 Å². The van der Waals surface area contributed by atoms with Crippen LogP contribution in [-0.4, -0.2) is 30.7 Å². The third-order valence-electron chi connectivity index (χ3n) is 1.25. The smallest absolute Gasteiger partial charge is 0.239 e. The zero-order chi connectivity index (χ0) is 8.69. The van der Waals surface area contributed by atoms with E-state index in [1.807, 2.05) is 0 Å². The molecule has 0 radical (unpaired) electrons. The van der Waals surface area contributed by atoms with E-state index in [9.17, 15) is 8.78 Å². The fraction of sp³-hybridized carbons (Fsp3) is 0.714. The van der Waals surface area contributed by atoms with Gasteiger partial charge in [0.2, 0.25) is 6.43 Å². The number of aliphatic hydroxyl groups excluding tert-OH is 1. The SMILES string of the molecule is C=CC(CO)NCCC(F)F. The number of hydrogen-bond donors (Lipinski definition) is 2. The molecule has 1 atom stereocenters. The molecular weight excluding hydrogens is 152 g/mol. The highest BCUT2D eigenvalue weighted by molar-refractivity contribution is 4.84. The Hall–Kier alpha value is -0.480. The summed E-state index contributed by atoms with van der Waals surface area (Å²) in [5.41, 5.74) is 0. The third-order valence-corrected chi connectivity index (χ3v) is 1.25. The molecule has 0 fully saturated rings. The molecular formula is C7H13F2NO. The molecule has 0 amide bonds. The monoisotopic (exact) mass is 165 g/mol. The van der Waals surface area contributed by atoms with E-state index in [-0.39, 0.29) is 25.6 Å². The van der Waals surface area contributed by atoms with E-state index in [2.05, 4.69) is 11.9 Å². The summed E-state index contributed by atoms with van der Waals surface area (Å²) in [6.07, 6.45) is -0.984. The maximum atomic E-state index is 11.6. The van der Waals surface area contributed by atoms with Crippen molar-refractivity contribution in [3.63, 3.8) is 0 Å². The largest absolute Gasteiger partial charge is 0.394 e. The lowest BCUT2D eigenvalue weighted by molar-refractivity contribution is 0.135. The van der Waals surface area contributed by atoms with Gasteiger partial charge in [-0.15, -0.1) is 6.58 Å². The summed E-state index contributed by atoms with van der Waals surface area (Å²) in [6, 6.07) is -0.270. The van der Waals surface area contributed by atoms with Crippen molar-refractivity contribution in [1.82, 2.24) is 5.32 Å². The van der Waals surface area contributed by atoms with E-state index in [4.69, 9.17) is 5.11 Å². The van der Waals surface area contributed by atoms with Crippen LogP contribution < -0.4 is 5.32 Å². The predicted octanol–water partition coefficient (Wildman–Crippen LogP) is 0.778. The fourth-order valence-electron chi connectivity index (χ4n) is 0.600. The van der Waals surface area contributed by atoms with Crippen molar-refractivity contribution in [3.05, 3.63) is 12.7 Å². The molecule has 0 rings (SSSR count). The number of hydrogen-bond acceptors (Lipinski definition) is 2. The minimum Gasteiger partial charge on any atom is -0.394 e. The van der Waals surface area contributed by atoms with Crippen LogP contribution in [0.3, 0.4) is 0 Å². The van der Waals surface area contributed by atoms with Gasteiger partial charge in [0.25, 0.3) is 0 Å². The molecule has 0 spiro atoms. The summed E-state index contributed by atoms with van der Waals surface area (Å²) in [7, 11) is 0. The number of nitrogens with one attached hydrogen (secondary N) is 1. The summed E-state index contributed by atoms with van der Waals surface area (Å²) in [5.74, 6) is 0. The molecule has 0 heterocycles. The number of alkyl halides is 2. The Morgan fingerprint density at radius 1 is 1.55 bits per heavy atom. The Morgan fingerprint density at radius 3 is 2.55 bits per heavy atom. The fourth-order valence-corrected chi connectivity index (χ4v) is 0.600. The third kappa shape index (κ3) is 5.94. The Morgan fingerprint density at radius 2 is 2.18 bits per heavy atom. The minimum absolute atomic E-state index is 0.104. The highest BCUT2D eigenvalue weighted by atomic mass is 19.3. The van der Waals surface area contributed by atoms with Gasteiger partial charge in [-0.2, -0.15) is 0 Å². The Balaban J connectivity index is 3.28. The Bertz CT molecular complexity index is 109. The van der Waals surface area contributed by atoms with Crippen LogP contribution in [0.15, 0.2) is 12.7 Å². The van der Waals surface area contributed by atoms with E-state index in [0.29, 0.717) is 0 Å². The first-order valence-electron chi connectivity index (χ1n) is 3.45. The molecule has 1 unspecified atom stereocenters. The summed E-state index contributed by atoms with van der Waals surface area (Å²) < 4.78 is 23.1. The molecule has 0 aromatic rings. The van der Waals surface area contributed by atoms with Crippen LogP contribution in [0.25, 0.3) is 0 Å². The summed E-state index contributed by atoms with van der Waals surface area (Å²) in [4.78, 5) is 0. The normalized spacial score (nSPS) is 13.5. The van der Waals surface area contributed by atoms with Gasteiger partial charge in [-0.3, -0.25) is 0 Å². The van der Waals surface area contributed by atoms with E-state index in [1.54, 1.807) is 0 Å². The second-order valence-corrected chi connectivity index (χ2v) is 2.16. The Kier molecular flexibility index (Phi) is 5.97. The first-order chi connectivity index (χ1) is 5.20. The van der Waals surface area contributed by atoms with Crippen molar-refractivity contribution in [1.29, 1.82) is 0 Å². The quantitative estimate of drug-likeness (QED) is 0.570. The maximum absolute atomic E-state index is 11.6. The second-order valence-electron chi connectivity index (χ2n) is 2.16. The van der Waals surface area contributed by atoms with E-state index in [1.165, 1.54) is 6.08 Å². The first kappa shape index (κ1) is 10.5. The molecule has 0 aliphatic carbocycles. The van der Waals surface area contributed by atoms with Crippen LogP contribution in [0.5, 0.6) is 0 Å². The molecule has 0 aliphatic rings. The van der Waals surface area contributed by atoms with Crippen LogP contribution in [-0.2, 0) is 0 Å². The lowest BCUT2D eigenvalue weighted by Crippen LogP contribution is -2.31. The zero-order valence-corrected chi connectivity index (χ0v) is 6.26. The van der Waals surface area contributed by atoms with Gasteiger partial charge in [0.05, 0.1) is 6.61 Å². The molecule has 2 nitrogen and oxygen atoms in total. The second kappa shape index (κ2) is 6.24. The molecule has 0 aliphatic heterocycles. The van der Waals surface area contributed by atoms with E-state index >= 15 is 0 Å². The molecule has 0 saturated heterocycles. The molecule has 0 aromatic heterocycles. The number of rotatable bonds is 6. The highest BCUT2D eigenvalue weighted by Crippen LogP contribution is 1.96. The molecule has 66 valence electrons. The lowest BCUT2D eigenvalue weighted by atomic mass is 10.3. The van der Waals surface area contributed by atoms with Gasteiger partial charge in [0.1, 0.15) is 0 Å². The zero-order valence-electron chi connectivity index (χ0n) is 6.26. The minimum atomic E-state index is -2.29. The summed E-state index contributed by atoms with van der Waals surface area (Å²) in [5, 5.41) is 11.3. The van der Waals surface area contributed by atoms with Crippen LogP contribution in [0, 0.1) is 0 Å². The van der Waals surface area contributed by atoms with E-state index in [0.717, 1.165) is 0 Å². The number of halogens is 2. The molecule has 0 aromatic carbocycles. The van der Waals surface area contributed by atoms with Gasteiger partial charge in [0.15, 0.2) is 0 Å². The maximum Gasteiger partial charge on any atom is 0.239 e. The van der Waals surface area contributed by atoms with Crippen molar-refractivity contribution < 1.29 is 13.9 Å².